The summed E-state index contributed by atoms with van der Waals surface area (Å²) in [6.07, 6.45) is 4.95. The Bertz CT molecular complexity index is 1350. The van der Waals surface area contributed by atoms with Crippen molar-refractivity contribution in [1.82, 2.24) is 30.6 Å². The first-order valence-corrected chi connectivity index (χ1v) is 11.8. The highest BCUT2D eigenvalue weighted by atomic mass is 32.1. The third-order valence-corrected chi connectivity index (χ3v) is 5.83. The number of tetrazole rings is 1. The molecule has 11 nitrogen and oxygen atoms in total. The van der Waals surface area contributed by atoms with Crippen LogP contribution in [0, 0.1) is 0 Å². The van der Waals surface area contributed by atoms with Gasteiger partial charge in [0.1, 0.15) is 11.5 Å². The van der Waals surface area contributed by atoms with E-state index in [9.17, 15) is 4.79 Å². The molecule has 0 saturated heterocycles. The summed E-state index contributed by atoms with van der Waals surface area (Å²) in [5.74, 6) is 1.32. The van der Waals surface area contributed by atoms with Gasteiger partial charge in [-0.25, -0.2) is 4.98 Å². The molecule has 0 bridgehead atoms. The van der Waals surface area contributed by atoms with Gasteiger partial charge in [-0.3, -0.25) is 10.1 Å². The van der Waals surface area contributed by atoms with Gasteiger partial charge >= 0.3 is 0 Å². The highest BCUT2D eigenvalue weighted by Crippen LogP contribution is 2.44. The number of nitrogens with zero attached hydrogens (tertiary/aromatic N) is 4. The molecular formula is C24H25N7O4S. The molecule has 0 aliphatic rings. The second-order valence-electron chi connectivity index (χ2n) is 7.65. The Hall–Kier alpha value is -4.45. The van der Waals surface area contributed by atoms with Gasteiger partial charge in [-0.15, -0.1) is 16.4 Å². The normalized spacial score (nSPS) is 10.6. The average molecular weight is 508 g/mol. The molecule has 0 unspecified atom stereocenters. The second-order valence-corrected chi connectivity index (χ2v) is 8.70. The minimum atomic E-state index is -0.385. The molecule has 5 aromatic rings. The highest BCUT2D eigenvalue weighted by Gasteiger charge is 2.24. The van der Waals surface area contributed by atoms with E-state index in [1.165, 1.54) is 11.3 Å². The van der Waals surface area contributed by atoms with Gasteiger partial charge in [-0.1, -0.05) is 35.4 Å². The SMILES string of the molecule is COc1cc2c(OC(C)C)c(C(=O)Nc3nn[nH]n3)sc2cc1OCc1ccccc1.c1c[nH]cn1. The fourth-order valence-electron chi connectivity index (χ4n) is 3.18. The summed E-state index contributed by atoms with van der Waals surface area (Å²) in [6.45, 7) is 4.20. The highest BCUT2D eigenvalue weighted by molar-refractivity contribution is 7.21. The summed E-state index contributed by atoms with van der Waals surface area (Å²) in [6, 6.07) is 13.6. The van der Waals surface area contributed by atoms with Crippen molar-refractivity contribution in [2.75, 3.05) is 12.4 Å². The molecule has 0 saturated carbocycles. The third-order valence-electron chi connectivity index (χ3n) is 4.70. The molecule has 0 aliphatic carbocycles. The lowest BCUT2D eigenvalue weighted by molar-refractivity contribution is 0.102. The fraction of sp³-hybridized carbons (Fsp3) is 0.208. The van der Waals surface area contributed by atoms with E-state index in [-0.39, 0.29) is 18.0 Å². The zero-order valence-corrected chi connectivity index (χ0v) is 20.7. The molecule has 2 aromatic carbocycles. The van der Waals surface area contributed by atoms with Crippen LogP contribution < -0.4 is 19.5 Å². The number of rotatable bonds is 8. The third kappa shape index (κ3) is 6.16. The van der Waals surface area contributed by atoms with Crippen LogP contribution in [-0.4, -0.2) is 49.7 Å². The van der Waals surface area contributed by atoms with Gasteiger partial charge in [-0.2, -0.15) is 5.21 Å². The summed E-state index contributed by atoms with van der Waals surface area (Å²) < 4.78 is 18.4. The molecule has 3 aromatic heterocycles. The van der Waals surface area contributed by atoms with E-state index >= 15 is 0 Å². The zero-order valence-electron chi connectivity index (χ0n) is 19.9. The topological polar surface area (TPSA) is 140 Å². The smallest absolute Gasteiger partial charge is 0.272 e. The fourth-order valence-corrected chi connectivity index (χ4v) is 4.22. The quantitative estimate of drug-likeness (QED) is 0.280. The molecule has 0 atom stereocenters. The Morgan fingerprint density at radius 3 is 2.61 bits per heavy atom. The number of hydrogen-bond donors (Lipinski definition) is 3. The molecule has 3 N–H and O–H groups in total. The van der Waals surface area contributed by atoms with Crippen molar-refractivity contribution in [3.63, 3.8) is 0 Å². The number of aromatic nitrogens is 6. The Morgan fingerprint density at radius 2 is 2.00 bits per heavy atom. The Morgan fingerprint density at radius 1 is 1.17 bits per heavy atom. The molecule has 0 radical (unpaired) electrons. The van der Waals surface area contributed by atoms with E-state index in [2.05, 4.69) is 35.9 Å². The lowest BCUT2D eigenvalue weighted by Crippen LogP contribution is -2.14. The van der Waals surface area contributed by atoms with Crippen LogP contribution in [-0.2, 0) is 6.61 Å². The van der Waals surface area contributed by atoms with Gasteiger partial charge in [-0.05, 0) is 30.7 Å². The number of hydrogen-bond acceptors (Lipinski definition) is 9. The van der Waals surface area contributed by atoms with Crippen molar-refractivity contribution in [3.05, 3.63) is 71.6 Å². The molecule has 0 spiro atoms. The number of aromatic amines is 2. The molecule has 3 heterocycles. The van der Waals surface area contributed by atoms with Crippen molar-refractivity contribution in [2.45, 2.75) is 26.6 Å². The number of nitrogens with one attached hydrogen (secondary N) is 3. The number of imidazole rings is 1. The number of anilines is 1. The van der Waals surface area contributed by atoms with E-state index in [1.807, 2.05) is 56.3 Å². The van der Waals surface area contributed by atoms with Crippen LogP contribution in [0.4, 0.5) is 5.95 Å². The summed E-state index contributed by atoms with van der Waals surface area (Å²) >= 11 is 1.29. The number of fused-ring (bicyclic) bond motifs is 1. The van der Waals surface area contributed by atoms with Crippen LogP contribution >= 0.6 is 11.3 Å². The number of benzene rings is 2. The van der Waals surface area contributed by atoms with Crippen molar-refractivity contribution >= 4 is 33.3 Å². The van der Waals surface area contributed by atoms with Crippen molar-refractivity contribution < 1.29 is 19.0 Å². The van der Waals surface area contributed by atoms with Crippen molar-refractivity contribution in [2.24, 2.45) is 0 Å². The van der Waals surface area contributed by atoms with E-state index in [1.54, 1.807) is 25.8 Å². The molecule has 1 amide bonds. The minimum absolute atomic E-state index is 0.0856. The van der Waals surface area contributed by atoms with Gasteiger partial charge < -0.3 is 19.2 Å². The lowest BCUT2D eigenvalue weighted by atomic mass is 10.2. The van der Waals surface area contributed by atoms with E-state index in [0.29, 0.717) is 28.7 Å². The summed E-state index contributed by atoms with van der Waals surface area (Å²) in [5, 5.41) is 16.7. The van der Waals surface area contributed by atoms with E-state index < -0.39 is 0 Å². The maximum atomic E-state index is 12.9. The number of H-pyrrole nitrogens is 2. The van der Waals surface area contributed by atoms with Crippen LogP contribution in [0.15, 0.2) is 61.2 Å². The van der Waals surface area contributed by atoms with Crippen LogP contribution in [0.5, 0.6) is 17.2 Å². The second kappa shape index (κ2) is 11.8. The molecule has 5 rings (SSSR count). The van der Waals surface area contributed by atoms with Crippen LogP contribution in [0.3, 0.4) is 0 Å². The standard InChI is InChI=1S/C21H21N5O4S.C3H4N2/c1-12(2)30-18-14-9-15(28-3)16(29-11-13-7-5-4-6-8-13)10-17(14)31-19(18)20(27)22-21-23-25-26-24-21;1-2-5-3-4-1/h4-10,12H,11H2,1-3H3,(H2,22,23,24,25,26,27);1-3H,(H,4,5). The van der Waals surface area contributed by atoms with Crippen LogP contribution in [0.25, 0.3) is 10.1 Å². The number of carbonyl (C=O) groups excluding carboxylic acids is 1. The number of amides is 1. The maximum absolute atomic E-state index is 12.9. The monoisotopic (exact) mass is 507 g/mol. The molecule has 186 valence electrons. The lowest BCUT2D eigenvalue weighted by Gasteiger charge is -2.13. The number of ether oxygens (including phenoxy) is 3. The van der Waals surface area contributed by atoms with Crippen LogP contribution in [0.2, 0.25) is 0 Å². The zero-order chi connectivity index (χ0) is 25.3. The first kappa shape index (κ1) is 24.7. The molecule has 0 aliphatic heterocycles. The Labute approximate surface area is 210 Å². The maximum Gasteiger partial charge on any atom is 0.272 e. The predicted octanol–water partition coefficient (Wildman–Crippen LogP) is 4.45. The van der Waals surface area contributed by atoms with Crippen molar-refractivity contribution in [3.8, 4) is 17.2 Å². The van der Waals surface area contributed by atoms with Crippen LogP contribution in [0.1, 0.15) is 29.1 Å². The minimum Gasteiger partial charge on any atom is -0.493 e. The van der Waals surface area contributed by atoms with Gasteiger partial charge in [0.25, 0.3) is 11.9 Å². The van der Waals surface area contributed by atoms with Gasteiger partial charge in [0.05, 0.1) is 19.5 Å². The van der Waals surface area contributed by atoms with E-state index in [4.69, 9.17) is 14.2 Å². The summed E-state index contributed by atoms with van der Waals surface area (Å²) in [5.41, 5.74) is 1.04. The van der Waals surface area contributed by atoms with Gasteiger partial charge in [0.2, 0.25) is 0 Å². The molecule has 36 heavy (non-hydrogen) atoms. The van der Waals surface area contributed by atoms with Crippen molar-refractivity contribution in [1.29, 1.82) is 0 Å². The first-order chi connectivity index (χ1) is 17.5. The largest absolute Gasteiger partial charge is 0.493 e. The summed E-state index contributed by atoms with van der Waals surface area (Å²) in [4.78, 5) is 19.7. The van der Waals surface area contributed by atoms with Gasteiger partial charge in [0, 0.05) is 28.5 Å². The number of methoxy groups -OCH3 is 1. The molecular weight excluding hydrogens is 482 g/mol. The average Bonchev–Trinajstić information content (AvgIpc) is 3.67. The Balaban J connectivity index is 0.000000543. The predicted molar refractivity (Wildman–Crippen MR) is 136 cm³/mol. The summed E-state index contributed by atoms with van der Waals surface area (Å²) in [7, 11) is 1.58. The first-order valence-electron chi connectivity index (χ1n) is 11.0. The molecule has 12 heteroatoms. The number of thiophene rings is 1. The van der Waals surface area contributed by atoms with Gasteiger partial charge in [0.15, 0.2) is 17.2 Å². The number of carbonyl (C=O) groups is 1. The Kier molecular flexibility index (Phi) is 8.08. The molecule has 0 fully saturated rings. The van der Waals surface area contributed by atoms with E-state index in [0.717, 1.165) is 15.6 Å².